The Morgan fingerprint density at radius 2 is 1.67 bits per heavy atom. The number of para-hydroxylation sites is 2. The third kappa shape index (κ3) is 9.74. The largest absolute Gasteiger partial charge is 0.496 e. The molecule has 1 aliphatic heterocycles. The summed E-state index contributed by atoms with van der Waals surface area (Å²) in [6, 6.07) is 24.8. The lowest BCUT2D eigenvalue weighted by Gasteiger charge is -2.32. The maximum absolute atomic E-state index is 14.5. The lowest BCUT2D eigenvalue weighted by molar-refractivity contribution is -0.145. The Hall–Kier alpha value is -6.19. The first-order chi connectivity index (χ1) is 30.6. The molecule has 1 saturated heterocycles. The number of ether oxygens (including phenoxy) is 4. The molecule has 0 spiro atoms. The molecule has 1 fully saturated rings. The molecule has 0 unspecified atom stereocenters. The van der Waals surface area contributed by atoms with Gasteiger partial charge in [0.25, 0.3) is 0 Å². The number of aryl methyl sites for hydroxylation is 1. The number of aliphatic carboxylic acids is 1. The Labute approximate surface area is 374 Å². The van der Waals surface area contributed by atoms with Crippen molar-refractivity contribution >= 4 is 39.2 Å². The molecule has 0 bridgehead atoms. The number of carbonyl (C=O) groups is 1. The summed E-state index contributed by atoms with van der Waals surface area (Å²) >= 11 is 8.23. The third-order valence-corrected chi connectivity index (χ3v) is 12.4. The summed E-state index contributed by atoms with van der Waals surface area (Å²) in [5.74, 6) is 0.714. The van der Waals surface area contributed by atoms with Crippen LogP contribution in [0.3, 0.4) is 0 Å². The van der Waals surface area contributed by atoms with Crippen molar-refractivity contribution in [3.63, 3.8) is 0 Å². The van der Waals surface area contributed by atoms with Crippen LogP contribution in [0.5, 0.6) is 23.1 Å². The van der Waals surface area contributed by atoms with E-state index in [1.54, 1.807) is 43.8 Å². The van der Waals surface area contributed by atoms with E-state index in [0.29, 0.717) is 78.4 Å². The number of hydrogen-bond acceptors (Lipinski definition) is 12. The summed E-state index contributed by atoms with van der Waals surface area (Å²) in [4.78, 5) is 31.7. The smallest absolute Gasteiger partial charge is 0.345 e. The van der Waals surface area contributed by atoms with Crippen molar-refractivity contribution in [1.82, 2.24) is 29.1 Å². The van der Waals surface area contributed by atoms with Crippen LogP contribution in [0.1, 0.15) is 22.4 Å². The SMILES string of the molecule is COc1ccccc1-c1nccc(COc2ccccc2C[C@@H](Oc2nsc3cnc(-c4ccc(F)cc4C)c(-c4ccc(OCCN5CCN(C)CC5)c(Cl)c4C)c23)C(=O)O)n1. The minimum atomic E-state index is -1.37. The summed E-state index contributed by atoms with van der Waals surface area (Å²) in [6.07, 6.45) is 1.93. The van der Waals surface area contributed by atoms with Gasteiger partial charge in [0.15, 0.2) is 5.82 Å². The van der Waals surface area contributed by atoms with Crippen molar-refractivity contribution in [3.05, 3.63) is 131 Å². The van der Waals surface area contributed by atoms with Crippen LogP contribution in [0.2, 0.25) is 5.02 Å². The molecule has 0 saturated carbocycles. The fraction of sp³-hybridized carbons (Fsp3) is 0.271. The van der Waals surface area contributed by atoms with E-state index in [-0.39, 0.29) is 24.7 Å². The van der Waals surface area contributed by atoms with E-state index in [9.17, 15) is 14.3 Å². The lowest BCUT2D eigenvalue weighted by Crippen LogP contribution is -2.45. The number of halogens is 2. The van der Waals surface area contributed by atoms with Gasteiger partial charge in [-0.2, -0.15) is 4.37 Å². The first-order valence-corrected chi connectivity index (χ1v) is 21.7. The monoisotopic (exact) mass is 888 g/mol. The molecular formula is C48H46ClFN6O6S. The molecule has 1 atom stereocenters. The molecule has 4 aromatic carbocycles. The third-order valence-electron chi connectivity index (χ3n) is 11.2. The predicted octanol–water partition coefficient (Wildman–Crippen LogP) is 9.18. The van der Waals surface area contributed by atoms with Gasteiger partial charge in [-0.15, -0.1) is 0 Å². The molecule has 63 heavy (non-hydrogen) atoms. The number of carboxylic acids is 1. The quantitative estimate of drug-likeness (QED) is 0.0993. The van der Waals surface area contributed by atoms with Crippen molar-refractivity contribution in [2.75, 3.05) is 53.5 Å². The number of pyridine rings is 1. The standard InChI is InChI=1S/C48H46ClFN6O6S/c1-29-25-32(50)13-14-34(29)45-42(35-15-16-39(44(49)30(35)2)60-24-23-56-21-19-55(3)20-22-56)43-41(27-52-45)63-54-47(43)62-40(48(57)58)26-31-9-5-7-11-37(31)61-28-33-17-18-51-46(53-33)36-10-6-8-12-38(36)59-4/h5-18,25,27,40H,19-24,26,28H2,1-4H3,(H,57,58)/t40-/m1/s1. The molecular weight excluding hydrogens is 843 g/mol. The Morgan fingerprint density at radius 1 is 0.905 bits per heavy atom. The fourth-order valence-corrected chi connectivity index (χ4v) is 8.58. The van der Waals surface area contributed by atoms with Crippen LogP contribution < -0.4 is 18.9 Å². The summed E-state index contributed by atoms with van der Waals surface area (Å²) in [5, 5.41) is 11.6. The molecule has 324 valence electrons. The zero-order valence-corrected chi connectivity index (χ0v) is 36.9. The van der Waals surface area contributed by atoms with E-state index in [1.807, 2.05) is 62.4 Å². The van der Waals surface area contributed by atoms with Crippen molar-refractivity contribution in [1.29, 1.82) is 0 Å². The minimum Gasteiger partial charge on any atom is -0.496 e. The van der Waals surface area contributed by atoms with Crippen LogP contribution in [0.25, 0.3) is 43.9 Å². The highest BCUT2D eigenvalue weighted by Gasteiger charge is 2.28. The Bertz CT molecular complexity index is 2760. The summed E-state index contributed by atoms with van der Waals surface area (Å²) in [6.45, 7) is 9.06. The molecule has 1 N–H and O–H groups in total. The van der Waals surface area contributed by atoms with Crippen LogP contribution in [0.15, 0.2) is 97.3 Å². The van der Waals surface area contributed by atoms with Gasteiger partial charge in [-0.05, 0) is 103 Å². The van der Waals surface area contributed by atoms with Gasteiger partial charge in [0.2, 0.25) is 12.0 Å². The average molecular weight is 889 g/mol. The number of rotatable bonds is 16. The number of likely N-dealkylation sites (N-methyl/N-ethyl adjacent to an activating group) is 1. The van der Waals surface area contributed by atoms with Crippen LogP contribution in [-0.4, -0.2) is 99.8 Å². The molecule has 1 aliphatic rings. The maximum atomic E-state index is 14.5. The molecule has 0 aliphatic carbocycles. The van der Waals surface area contributed by atoms with E-state index in [4.69, 9.17) is 40.5 Å². The first kappa shape index (κ1) is 43.5. The highest BCUT2D eigenvalue weighted by Crippen LogP contribution is 2.46. The zero-order chi connectivity index (χ0) is 44.0. The number of hydrogen-bond donors (Lipinski definition) is 1. The van der Waals surface area contributed by atoms with E-state index < -0.39 is 12.1 Å². The minimum absolute atomic E-state index is 0.0455. The van der Waals surface area contributed by atoms with Crippen LogP contribution in [-0.2, 0) is 17.8 Å². The molecule has 3 aromatic heterocycles. The summed E-state index contributed by atoms with van der Waals surface area (Å²) < 4.78 is 44.2. The van der Waals surface area contributed by atoms with Gasteiger partial charge in [-0.3, -0.25) is 9.88 Å². The summed E-state index contributed by atoms with van der Waals surface area (Å²) in [5.41, 5.74) is 5.93. The molecule has 0 amide bonds. The van der Waals surface area contributed by atoms with Crippen molar-refractivity contribution in [3.8, 4) is 56.9 Å². The maximum Gasteiger partial charge on any atom is 0.345 e. The second-order valence-corrected chi connectivity index (χ2v) is 16.5. The zero-order valence-electron chi connectivity index (χ0n) is 35.3. The van der Waals surface area contributed by atoms with Crippen molar-refractivity contribution in [2.24, 2.45) is 0 Å². The van der Waals surface area contributed by atoms with Gasteiger partial charge in [0.1, 0.15) is 36.3 Å². The van der Waals surface area contributed by atoms with Gasteiger partial charge < -0.3 is 29.0 Å². The molecule has 8 rings (SSSR count). The number of benzene rings is 4. The van der Waals surface area contributed by atoms with Crippen LogP contribution in [0, 0.1) is 19.7 Å². The normalized spacial score (nSPS) is 13.8. The topological polar surface area (TPSA) is 132 Å². The highest BCUT2D eigenvalue weighted by molar-refractivity contribution is 7.13. The van der Waals surface area contributed by atoms with Crippen LogP contribution >= 0.6 is 23.1 Å². The van der Waals surface area contributed by atoms with Gasteiger partial charge in [-0.25, -0.2) is 19.2 Å². The Balaban J connectivity index is 1.10. The first-order valence-electron chi connectivity index (χ1n) is 20.5. The lowest BCUT2D eigenvalue weighted by atomic mass is 9.91. The molecule has 7 aromatic rings. The fourth-order valence-electron chi connectivity index (χ4n) is 7.66. The van der Waals surface area contributed by atoms with Gasteiger partial charge in [0, 0.05) is 62.7 Å². The molecule has 4 heterocycles. The van der Waals surface area contributed by atoms with Gasteiger partial charge in [0.05, 0.1) is 39.2 Å². The molecule has 12 nitrogen and oxygen atoms in total. The van der Waals surface area contributed by atoms with E-state index in [1.165, 1.54) is 12.1 Å². The van der Waals surface area contributed by atoms with Gasteiger partial charge in [-0.1, -0.05) is 48.0 Å². The second-order valence-electron chi connectivity index (χ2n) is 15.3. The van der Waals surface area contributed by atoms with Crippen LogP contribution in [0.4, 0.5) is 4.39 Å². The molecule has 15 heteroatoms. The number of fused-ring (bicyclic) bond motifs is 1. The average Bonchev–Trinajstić information content (AvgIpc) is 3.70. The number of nitrogens with zero attached hydrogens (tertiary/aromatic N) is 6. The van der Waals surface area contributed by atoms with Crippen molar-refractivity contribution < 1.29 is 33.2 Å². The number of carboxylic acid groups (broad SMARTS) is 1. The number of methoxy groups -OCH3 is 1. The number of aromatic nitrogens is 4. The number of piperazine rings is 1. The van der Waals surface area contributed by atoms with E-state index in [0.717, 1.165) is 60.9 Å². The Morgan fingerprint density at radius 3 is 2.44 bits per heavy atom. The van der Waals surface area contributed by atoms with E-state index >= 15 is 0 Å². The second kappa shape index (κ2) is 19.5. The summed E-state index contributed by atoms with van der Waals surface area (Å²) in [7, 11) is 3.72. The predicted molar refractivity (Wildman–Crippen MR) is 243 cm³/mol. The molecule has 0 radical (unpaired) electrons. The highest BCUT2D eigenvalue weighted by atomic mass is 35.5. The Kier molecular flexibility index (Phi) is 13.4. The van der Waals surface area contributed by atoms with Crippen molar-refractivity contribution in [2.45, 2.75) is 33.0 Å². The van der Waals surface area contributed by atoms with Gasteiger partial charge >= 0.3 is 5.97 Å². The van der Waals surface area contributed by atoms with E-state index in [2.05, 4.69) is 26.2 Å².